The Kier molecular flexibility index (Phi) is 2.40. The Hall–Kier alpha value is -2.24. The summed E-state index contributed by atoms with van der Waals surface area (Å²) in [6, 6.07) is 4.81. The van der Waals surface area contributed by atoms with Gasteiger partial charge in [-0.1, -0.05) is 12.1 Å². The van der Waals surface area contributed by atoms with Crippen molar-refractivity contribution in [3.63, 3.8) is 0 Å². The third-order valence-electron chi connectivity index (χ3n) is 2.11. The molecule has 0 unspecified atom stereocenters. The molecular weight excluding hydrogens is 211 g/mol. The highest BCUT2D eigenvalue weighted by Gasteiger charge is 2.10. The van der Waals surface area contributed by atoms with Crippen LogP contribution in [0.5, 0.6) is 0 Å². The van der Waals surface area contributed by atoms with E-state index in [4.69, 9.17) is 5.73 Å². The fourth-order valence-electron chi connectivity index (χ4n) is 1.36. The standard InChI is InChI=1S/C10H9FN4O/c1-5-3-2-4-6(7(5)11)8-13-9(12)15-10(16)14-8/h2-4H,1H3,(H3,12,13,14,15,16). The first kappa shape index (κ1) is 10.3. The van der Waals surface area contributed by atoms with E-state index in [0.29, 0.717) is 5.56 Å². The zero-order chi connectivity index (χ0) is 11.7. The minimum atomic E-state index is -0.650. The Morgan fingerprint density at radius 3 is 2.81 bits per heavy atom. The molecule has 0 fully saturated rings. The Balaban J connectivity index is 2.67. The molecule has 0 aliphatic carbocycles. The number of nitrogens with zero attached hydrogens (tertiary/aromatic N) is 2. The number of nitrogen functional groups attached to an aromatic ring is 1. The molecule has 2 aromatic rings. The van der Waals surface area contributed by atoms with Crippen LogP contribution in [-0.2, 0) is 0 Å². The van der Waals surface area contributed by atoms with Gasteiger partial charge in [-0.05, 0) is 18.6 Å². The zero-order valence-corrected chi connectivity index (χ0v) is 8.49. The summed E-state index contributed by atoms with van der Waals surface area (Å²) < 4.78 is 13.7. The molecule has 0 spiro atoms. The van der Waals surface area contributed by atoms with Crippen molar-refractivity contribution in [2.45, 2.75) is 6.92 Å². The lowest BCUT2D eigenvalue weighted by molar-refractivity contribution is 0.620. The normalized spacial score (nSPS) is 10.4. The number of benzene rings is 1. The number of nitrogens with one attached hydrogen (secondary N) is 1. The van der Waals surface area contributed by atoms with Crippen LogP contribution in [0.25, 0.3) is 11.4 Å². The molecule has 0 radical (unpaired) electrons. The average Bonchev–Trinajstić information content (AvgIpc) is 2.20. The topological polar surface area (TPSA) is 84.7 Å². The Labute approximate surface area is 90.2 Å². The van der Waals surface area contributed by atoms with Crippen LogP contribution < -0.4 is 11.4 Å². The summed E-state index contributed by atoms with van der Waals surface area (Å²) >= 11 is 0. The maximum atomic E-state index is 13.7. The first-order valence-corrected chi connectivity index (χ1v) is 4.57. The molecule has 0 saturated carbocycles. The van der Waals surface area contributed by atoms with Crippen LogP contribution >= 0.6 is 0 Å². The monoisotopic (exact) mass is 220 g/mol. The van der Waals surface area contributed by atoms with Crippen molar-refractivity contribution in [2.24, 2.45) is 0 Å². The molecule has 2 rings (SSSR count). The molecule has 1 heterocycles. The van der Waals surface area contributed by atoms with Crippen LogP contribution in [0.4, 0.5) is 10.3 Å². The number of rotatable bonds is 1. The van der Waals surface area contributed by atoms with E-state index in [2.05, 4.69) is 15.0 Å². The summed E-state index contributed by atoms with van der Waals surface area (Å²) in [5.74, 6) is -0.533. The van der Waals surface area contributed by atoms with Crippen LogP contribution in [-0.4, -0.2) is 15.0 Å². The van der Waals surface area contributed by atoms with E-state index >= 15 is 0 Å². The molecule has 16 heavy (non-hydrogen) atoms. The van der Waals surface area contributed by atoms with Gasteiger partial charge >= 0.3 is 5.69 Å². The lowest BCUT2D eigenvalue weighted by atomic mass is 10.1. The fraction of sp³-hybridized carbons (Fsp3) is 0.100. The minimum absolute atomic E-state index is 0.0821. The third-order valence-corrected chi connectivity index (χ3v) is 2.11. The van der Waals surface area contributed by atoms with E-state index in [-0.39, 0.29) is 17.3 Å². The number of aromatic amines is 1. The van der Waals surface area contributed by atoms with Crippen LogP contribution in [0.1, 0.15) is 5.56 Å². The van der Waals surface area contributed by atoms with Crippen LogP contribution in [0.15, 0.2) is 23.0 Å². The van der Waals surface area contributed by atoms with Crippen molar-refractivity contribution >= 4 is 5.95 Å². The van der Waals surface area contributed by atoms with Crippen molar-refractivity contribution < 1.29 is 4.39 Å². The first-order valence-electron chi connectivity index (χ1n) is 4.57. The van der Waals surface area contributed by atoms with E-state index in [9.17, 15) is 9.18 Å². The number of hydrogen-bond donors (Lipinski definition) is 2. The smallest absolute Gasteiger partial charge is 0.349 e. The van der Waals surface area contributed by atoms with Crippen molar-refractivity contribution in [2.75, 3.05) is 5.73 Å². The molecule has 0 amide bonds. The Morgan fingerprint density at radius 2 is 2.12 bits per heavy atom. The Morgan fingerprint density at radius 1 is 1.38 bits per heavy atom. The largest absolute Gasteiger partial charge is 0.368 e. The van der Waals surface area contributed by atoms with Gasteiger partial charge in [0.1, 0.15) is 11.6 Å². The second-order valence-electron chi connectivity index (χ2n) is 3.30. The predicted molar refractivity (Wildman–Crippen MR) is 57.2 cm³/mol. The summed E-state index contributed by atoms with van der Waals surface area (Å²) in [6.45, 7) is 1.63. The highest BCUT2D eigenvalue weighted by atomic mass is 19.1. The summed E-state index contributed by atoms with van der Waals surface area (Å²) in [4.78, 5) is 20.5. The van der Waals surface area contributed by atoms with Crippen molar-refractivity contribution in [1.82, 2.24) is 15.0 Å². The second kappa shape index (κ2) is 3.73. The summed E-state index contributed by atoms with van der Waals surface area (Å²) in [5.41, 5.74) is 5.34. The number of halogens is 1. The second-order valence-corrected chi connectivity index (χ2v) is 3.30. The number of aryl methyl sites for hydroxylation is 1. The third kappa shape index (κ3) is 1.77. The molecule has 3 N–H and O–H groups in total. The van der Waals surface area contributed by atoms with Gasteiger partial charge in [0.05, 0.1) is 5.56 Å². The van der Waals surface area contributed by atoms with Crippen molar-refractivity contribution in [1.29, 1.82) is 0 Å². The average molecular weight is 220 g/mol. The maximum absolute atomic E-state index is 13.7. The van der Waals surface area contributed by atoms with Crippen molar-refractivity contribution in [3.05, 3.63) is 40.1 Å². The van der Waals surface area contributed by atoms with Gasteiger partial charge in [0.15, 0.2) is 0 Å². The summed E-state index contributed by atoms with van der Waals surface area (Å²) in [7, 11) is 0. The molecule has 0 saturated heterocycles. The summed E-state index contributed by atoms with van der Waals surface area (Å²) in [6.07, 6.45) is 0. The number of anilines is 1. The molecule has 1 aromatic heterocycles. The van der Waals surface area contributed by atoms with Gasteiger partial charge in [-0.25, -0.2) is 9.18 Å². The minimum Gasteiger partial charge on any atom is -0.368 e. The molecule has 5 nitrogen and oxygen atoms in total. The van der Waals surface area contributed by atoms with E-state index in [1.54, 1.807) is 19.1 Å². The van der Waals surface area contributed by atoms with E-state index in [1.807, 2.05) is 0 Å². The number of nitrogens with two attached hydrogens (primary N) is 1. The number of H-pyrrole nitrogens is 1. The van der Waals surface area contributed by atoms with E-state index < -0.39 is 11.5 Å². The molecule has 82 valence electrons. The maximum Gasteiger partial charge on any atom is 0.349 e. The molecule has 0 aliphatic heterocycles. The van der Waals surface area contributed by atoms with Crippen LogP contribution in [0.3, 0.4) is 0 Å². The van der Waals surface area contributed by atoms with Gasteiger partial charge in [-0.3, -0.25) is 4.98 Å². The number of hydrogen-bond acceptors (Lipinski definition) is 4. The van der Waals surface area contributed by atoms with E-state index in [0.717, 1.165) is 0 Å². The molecule has 0 atom stereocenters. The van der Waals surface area contributed by atoms with Gasteiger partial charge in [0, 0.05) is 0 Å². The lowest BCUT2D eigenvalue weighted by Gasteiger charge is -2.04. The van der Waals surface area contributed by atoms with Gasteiger partial charge in [0.25, 0.3) is 0 Å². The lowest BCUT2D eigenvalue weighted by Crippen LogP contribution is -2.16. The quantitative estimate of drug-likeness (QED) is 0.746. The molecule has 0 bridgehead atoms. The summed E-state index contributed by atoms with van der Waals surface area (Å²) in [5, 5.41) is 0. The van der Waals surface area contributed by atoms with E-state index in [1.165, 1.54) is 6.07 Å². The molecule has 1 aromatic carbocycles. The van der Waals surface area contributed by atoms with Crippen LogP contribution in [0.2, 0.25) is 0 Å². The predicted octanol–water partition coefficient (Wildman–Crippen LogP) is 0.862. The molecular formula is C10H9FN4O. The van der Waals surface area contributed by atoms with Crippen LogP contribution in [0, 0.1) is 12.7 Å². The van der Waals surface area contributed by atoms with Gasteiger partial charge in [-0.2, -0.15) is 9.97 Å². The van der Waals surface area contributed by atoms with Gasteiger partial charge in [0.2, 0.25) is 5.95 Å². The highest BCUT2D eigenvalue weighted by Crippen LogP contribution is 2.20. The van der Waals surface area contributed by atoms with Gasteiger partial charge in [-0.15, -0.1) is 0 Å². The SMILES string of the molecule is Cc1cccc(-c2nc(N)nc(=O)[nH]2)c1F. The first-order chi connectivity index (χ1) is 7.58. The zero-order valence-electron chi connectivity index (χ0n) is 8.49. The van der Waals surface area contributed by atoms with Gasteiger partial charge < -0.3 is 5.73 Å². The Bertz CT molecular complexity index is 594. The van der Waals surface area contributed by atoms with Crippen molar-refractivity contribution in [3.8, 4) is 11.4 Å². The molecule has 6 heteroatoms. The molecule has 0 aliphatic rings. The highest BCUT2D eigenvalue weighted by molar-refractivity contribution is 5.57. The fourth-order valence-corrected chi connectivity index (χ4v) is 1.36. The number of aromatic nitrogens is 3.